The number of rotatable bonds is 3. The summed E-state index contributed by atoms with van der Waals surface area (Å²) in [4.78, 5) is 3.99. The van der Waals surface area contributed by atoms with Crippen molar-refractivity contribution < 1.29 is 0 Å². The van der Waals surface area contributed by atoms with E-state index in [0.29, 0.717) is 0 Å². The maximum Gasteiger partial charge on any atom is 0.0726 e. The van der Waals surface area contributed by atoms with Gasteiger partial charge in [-0.2, -0.15) is 0 Å². The number of hydrogen-bond acceptors (Lipinski definition) is 1. The normalized spacial score (nSPS) is 9.42. The number of hydrogen-bond donors (Lipinski definition) is 0. The molecule has 0 N–H and O–H groups in total. The molecule has 0 aliphatic carbocycles. The number of nitrogens with zero attached hydrogens (tertiary/aromatic N) is 1. The Balaban J connectivity index is 3.31. The van der Waals surface area contributed by atoms with Crippen LogP contribution in [0.5, 0.6) is 0 Å². The van der Waals surface area contributed by atoms with Gasteiger partial charge in [0.25, 0.3) is 0 Å². The summed E-state index contributed by atoms with van der Waals surface area (Å²) in [5, 5.41) is 0. The van der Waals surface area contributed by atoms with Crippen molar-refractivity contribution in [1.82, 2.24) is 0 Å². The Bertz CT molecular complexity index is 300. The molecule has 12 heavy (non-hydrogen) atoms. The van der Waals surface area contributed by atoms with Crippen LogP contribution in [0.2, 0.25) is 0 Å². The predicted molar refractivity (Wildman–Crippen MR) is 55.1 cm³/mol. The molecule has 0 aliphatic rings. The van der Waals surface area contributed by atoms with E-state index in [4.69, 9.17) is 0 Å². The van der Waals surface area contributed by atoms with Crippen LogP contribution in [0, 0.1) is 0 Å². The molecule has 0 atom stereocenters. The first-order valence-corrected chi connectivity index (χ1v) is 4.04. The van der Waals surface area contributed by atoms with E-state index in [-0.39, 0.29) is 0 Å². The highest BCUT2D eigenvalue weighted by atomic mass is 14.7. The summed E-state index contributed by atoms with van der Waals surface area (Å²) < 4.78 is 0. The molecule has 1 aromatic rings. The average Bonchev–Trinajstić information content (AvgIpc) is 2.16. The van der Waals surface area contributed by atoms with Gasteiger partial charge in [-0.15, -0.1) is 0 Å². The molecular formula is C11H13N. The van der Waals surface area contributed by atoms with Gasteiger partial charge in [0.2, 0.25) is 0 Å². The zero-order valence-corrected chi connectivity index (χ0v) is 7.38. The fourth-order valence-corrected chi connectivity index (χ4v) is 1.25. The van der Waals surface area contributed by atoms with Crippen LogP contribution in [0.15, 0.2) is 29.8 Å². The highest BCUT2D eigenvalue weighted by Crippen LogP contribution is 2.25. The van der Waals surface area contributed by atoms with Crippen LogP contribution >= 0.6 is 0 Å². The third kappa shape index (κ3) is 1.45. The Morgan fingerprint density at radius 2 is 2.25 bits per heavy atom. The summed E-state index contributed by atoms with van der Waals surface area (Å²) in [5.41, 5.74) is 3.25. The molecule has 0 bridgehead atoms. The molecule has 0 aliphatic heterocycles. The van der Waals surface area contributed by atoms with E-state index in [1.54, 1.807) is 0 Å². The van der Waals surface area contributed by atoms with Crippen LogP contribution < -0.4 is 0 Å². The van der Waals surface area contributed by atoms with E-state index < -0.39 is 0 Å². The van der Waals surface area contributed by atoms with Crippen LogP contribution in [0.3, 0.4) is 0 Å². The largest absolute Gasteiger partial charge is 0.264 e. The molecule has 0 radical (unpaired) electrons. The minimum absolute atomic E-state index is 0.968. The molecular weight excluding hydrogens is 146 g/mol. The highest BCUT2D eigenvalue weighted by molar-refractivity contribution is 5.68. The first kappa shape index (κ1) is 8.72. The Morgan fingerprint density at radius 1 is 1.50 bits per heavy atom. The molecule has 0 aromatic heterocycles. The summed E-state index contributed by atoms with van der Waals surface area (Å²) >= 11 is 0. The maximum absolute atomic E-state index is 3.99. The second kappa shape index (κ2) is 3.86. The number of aryl methyl sites for hydroxylation is 1. The molecule has 1 heteroatoms. The second-order valence-corrected chi connectivity index (χ2v) is 2.57. The lowest BCUT2D eigenvalue weighted by atomic mass is 10.1. The van der Waals surface area contributed by atoms with Gasteiger partial charge in [0.15, 0.2) is 0 Å². The van der Waals surface area contributed by atoms with Crippen LogP contribution in [0.1, 0.15) is 18.1 Å². The van der Waals surface area contributed by atoms with Crippen molar-refractivity contribution >= 4 is 18.5 Å². The SMILES string of the molecule is C=Cc1cccc(CC)c1N=C. The van der Waals surface area contributed by atoms with Gasteiger partial charge in [0.1, 0.15) is 0 Å². The molecule has 1 rings (SSSR count). The van der Waals surface area contributed by atoms with E-state index in [0.717, 1.165) is 17.7 Å². The number of benzene rings is 1. The molecule has 0 saturated carbocycles. The number of aliphatic imine (C=N–C) groups is 1. The van der Waals surface area contributed by atoms with Crippen LogP contribution in [0.4, 0.5) is 5.69 Å². The fourth-order valence-electron chi connectivity index (χ4n) is 1.25. The van der Waals surface area contributed by atoms with Gasteiger partial charge in [-0.3, -0.25) is 4.99 Å². The van der Waals surface area contributed by atoms with Crippen LogP contribution in [0.25, 0.3) is 6.08 Å². The summed E-state index contributed by atoms with van der Waals surface area (Å²) in [6.07, 6.45) is 2.79. The standard InChI is InChI=1S/C11H13N/c1-4-9-7-6-8-10(5-2)11(9)12-3/h4,6-8H,1,3,5H2,2H3. The third-order valence-corrected chi connectivity index (χ3v) is 1.91. The zero-order chi connectivity index (χ0) is 8.97. The zero-order valence-electron chi connectivity index (χ0n) is 7.38. The molecule has 0 unspecified atom stereocenters. The van der Waals surface area contributed by atoms with Gasteiger partial charge in [0, 0.05) is 0 Å². The van der Waals surface area contributed by atoms with Crippen molar-refractivity contribution in [2.24, 2.45) is 4.99 Å². The minimum atomic E-state index is 0.968. The molecule has 1 aromatic carbocycles. The van der Waals surface area contributed by atoms with E-state index in [9.17, 15) is 0 Å². The predicted octanol–water partition coefficient (Wildman–Crippen LogP) is 3.22. The maximum atomic E-state index is 3.99. The lowest BCUT2D eigenvalue weighted by molar-refractivity contribution is 1.13. The summed E-state index contributed by atoms with van der Waals surface area (Å²) in [6.45, 7) is 9.39. The monoisotopic (exact) mass is 159 g/mol. The van der Waals surface area contributed by atoms with Crippen molar-refractivity contribution in [3.8, 4) is 0 Å². The lowest BCUT2D eigenvalue weighted by Crippen LogP contribution is -1.83. The van der Waals surface area contributed by atoms with Crippen molar-refractivity contribution in [2.75, 3.05) is 0 Å². The highest BCUT2D eigenvalue weighted by Gasteiger charge is 2.00. The smallest absolute Gasteiger partial charge is 0.0726 e. The minimum Gasteiger partial charge on any atom is -0.264 e. The fraction of sp³-hybridized carbons (Fsp3) is 0.182. The van der Waals surface area contributed by atoms with Gasteiger partial charge < -0.3 is 0 Å². The molecule has 0 amide bonds. The van der Waals surface area contributed by atoms with Crippen molar-refractivity contribution in [3.63, 3.8) is 0 Å². The molecule has 0 spiro atoms. The molecule has 1 nitrogen and oxygen atoms in total. The average molecular weight is 159 g/mol. The molecule has 0 heterocycles. The van der Waals surface area contributed by atoms with Gasteiger partial charge in [-0.1, -0.05) is 37.8 Å². The van der Waals surface area contributed by atoms with Gasteiger partial charge in [0.05, 0.1) is 5.69 Å². The second-order valence-electron chi connectivity index (χ2n) is 2.57. The summed E-state index contributed by atoms with van der Waals surface area (Å²) in [6, 6.07) is 6.08. The molecule has 0 saturated heterocycles. The molecule has 62 valence electrons. The first-order chi connectivity index (χ1) is 5.83. The quantitative estimate of drug-likeness (QED) is 0.600. The third-order valence-electron chi connectivity index (χ3n) is 1.91. The van der Waals surface area contributed by atoms with Gasteiger partial charge in [-0.05, 0) is 24.3 Å². The van der Waals surface area contributed by atoms with E-state index in [1.807, 2.05) is 18.2 Å². The Hall–Kier alpha value is -1.37. The van der Waals surface area contributed by atoms with Gasteiger partial charge in [-0.25, -0.2) is 0 Å². The van der Waals surface area contributed by atoms with Crippen molar-refractivity contribution in [3.05, 3.63) is 35.9 Å². The van der Waals surface area contributed by atoms with Gasteiger partial charge >= 0.3 is 0 Å². The Labute approximate surface area is 73.5 Å². The molecule has 0 fully saturated rings. The number of para-hydroxylation sites is 1. The van der Waals surface area contributed by atoms with Crippen molar-refractivity contribution in [1.29, 1.82) is 0 Å². The summed E-state index contributed by atoms with van der Waals surface area (Å²) in [5.74, 6) is 0. The van der Waals surface area contributed by atoms with E-state index in [2.05, 4.69) is 31.3 Å². The van der Waals surface area contributed by atoms with E-state index in [1.165, 1.54) is 5.56 Å². The topological polar surface area (TPSA) is 12.4 Å². The van der Waals surface area contributed by atoms with E-state index >= 15 is 0 Å². The van der Waals surface area contributed by atoms with Crippen molar-refractivity contribution in [2.45, 2.75) is 13.3 Å². The Morgan fingerprint density at radius 3 is 2.75 bits per heavy atom. The Kier molecular flexibility index (Phi) is 2.81. The summed E-state index contributed by atoms with van der Waals surface area (Å²) in [7, 11) is 0. The lowest BCUT2D eigenvalue weighted by Gasteiger charge is -2.04. The first-order valence-electron chi connectivity index (χ1n) is 4.04. The van der Waals surface area contributed by atoms with Crippen LogP contribution in [-0.2, 0) is 6.42 Å². The van der Waals surface area contributed by atoms with Crippen LogP contribution in [-0.4, -0.2) is 6.72 Å².